The molecule has 0 aliphatic carbocycles. The molecule has 0 aliphatic rings. The Bertz CT molecular complexity index is 865. The van der Waals surface area contributed by atoms with Crippen molar-refractivity contribution in [1.29, 1.82) is 0 Å². The van der Waals surface area contributed by atoms with Gasteiger partial charge in [-0.05, 0) is 30.3 Å². The van der Waals surface area contributed by atoms with Crippen molar-refractivity contribution in [3.8, 4) is 5.75 Å². The molecule has 0 aromatic heterocycles. The van der Waals surface area contributed by atoms with Crippen molar-refractivity contribution in [2.45, 2.75) is 17.8 Å². The van der Waals surface area contributed by atoms with Gasteiger partial charge in [-0.3, -0.25) is 0 Å². The fourth-order valence-electron chi connectivity index (χ4n) is 1.78. The largest absolute Gasteiger partial charge is 0.573 e. The van der Waals surface area contributed by atoms with Crippen LogP contribution in [0, 0.1) is 17.5 Å². The minimum absolute atomic E-state index is 0.426. The highest BCUT2D eigenvalue weighted by atomic mass is 32.2. The summed E-state index contributed by atoms with van der Waals surface area (Å²) >= 11 is 0. The van der Waals surface area contributed by atoms with Crippen LogP contribution in [-0.4, -0.2) is 14.8 Å². The molecule has 0 spiro atoms. The lowest BCUT2D eigenvalue weighted by Gasteiger charge is -2.10. The molecule has 0 radical (unpaired) electrons. The Balaban J connectivity index is 2.13. The zero-order valence-corrected chi connectivity index (χ0v) is 12.9. The van der Waals surface area contributed by atoms with E-state index in [1.54, 1.807) is 0 Å². The molecule has 2 aromatic carbocycles. The molecule has 11 heteroatoms. The highest BCUT2D eigenvalue weighted by Crippen LogP contribution is 2.24. The monoisotopic (exact) mass is 385 g/mol. The standard InChI is InChI=1S/C14H9F6NO3S/c15-11-6-1-8(12(16)13(11)17)7-21-25(22,23)10-4-2-9(3-5-10)24-14(18,19)20/h1-6,21H,7H2. The Labute approximate surface area is 138 Å². The number of alkyl halides is 3. The molecule has 0 unspecified atom stereocenters. The zero-order chi connectivity index (χ0) is 18.8. The van der Waals surface area contributed by atoms with Crippen LogP contribution in [0.4, 0.5) is 26.3 Å². The number of ether oxygens (including phenoxy) is 1. The molecule has 1 N–H and O–H groups in total. The summed E-state index contributed by atoms with van der Waals surface area (Å²) in [6, 6.07) is 4.72. The van der Waals surface area contributed by atoms with E-state index >= 15 is 0 Å². The van der Waals surface area contributed by atoms with Crippen LogP contribution >= 0.6 is 0 Å². The van der Waals surface area contributed by atoms with Crippen molar-refractivity contribution in [1.82, 2.24) is 4.72 Å². The molecule has 0 saturated heterocycles. The van der Waals surface area contributed by atoms with Crippen LogP contribution in [-0.2, 0) is 16.6 Å². The molecule has 4 nitrogen and oxygen atoms in total. The molecule has 2 rings (SSSR count). The lowest BCUT2D eigenvalue weighted by Crippen LogP contribution is -2.24. The first-order valence-electron chi connectivity index (χ1n) is 6.47. The van der Waals surface area contributed by atoms with Gasteiger partial charge in [-0.25, -0.2) is 26.3 Å². The number of hydrogen-bond acceptors (Lipinski definition) is 3. The van der Waals surface area contributed by atoms with Crippen LogP contribution in [0.2, 0.25) is 0 Å². The first-order chi connectivity index (χ1) is 11.5. The molecule has 0 heterocycles. The summed E-state index contributed by atoms with van der Waals surface area (Å²) in [5.74, 6) is -5.34. The highest BCUT2D eigenvalue weighted by Gasteiger charge is 2.31. The van der Waals surface area contributed by atoms with Gasteiger partial charge >= 0.3 is 6.36 Å². The molecule has 0 atom stereocenters. The zero-order valence-electron chi connectivity index (χ0n) is 12.1. The van der Waals surface area contributed by atoms with Gasteiger partial charge < -0.3 is 4.74 Å². The van der Waals surface area contributed by atoms with E-state index in [9.17, 15) is 34.8 Å². The van der Waals surface area contributed by atoms with Crippen molar-refractivity contribution in [2.24, 2.45) is 0 Å². The number of nitrogens with one attached hydrogen (secondary N) is 1. The third kappa shape index (κ3) is 4.86. The van der Waals surface area contributed by atoms with Crippen LogP contribution < -0.4 is 9.46 Å². The van der Waals surface area contributed by atoms with Crippen molar-refractivity contribution >= 4 is 10.0 Å². The SMILES string of the molecule is O=S(=O)(NCc1ccc(F)c(F)c1F)c1ccc(OC(F)(F)F)cc1. The van der Waals surface area contributed by atoms with Crippen LogP contribution in [0.5, 0.6) is 5.75 Å². The van der Waals surface area contributed by atoms with Crippen LogP contribution in [0.1, 0.15) is 5.56 Å². The average molecular weight is 385 g/mol. The van der Waals surface area contributed by atoms with Crippen LogP contribution in [0.3, 0.4) is 0 Å². The summed E-state index contributed by atoms with van der Waals surface area (Å²) in [4.78, 5) is -0.426. The van der Waals surface area contributed by atoms with Gasteiger partial charge in [-0.15, -0.1) is 13.2 Å². The second-order valence-corrected chi connectivity index (χ2v) is 6.45. The normalized spacial score (nSPS) is 12.2. The Kier molecular flexibility index (Phi) is 5.28. The molecular weight excluding hydrogens is 376 g/mol. The first kappa shape index (κ1) is 19.1. The predicted molar refractivity (Wildman–Crippen MR) is 73.5 cm³/mol. The maximum absolute atomic E-state index is 13.5. The van der Waals surface area contributed by atoms with Gasteiger partial charge in [0.05, 0.1) is 4.90 Å². The van der Waals surface area contributed by atoms with Gasteiger partial charge in [0, 0.05) is 12.1 Å². The molecule has 25 heavy (non-hydrogen) atoms. The molecule has 0 bridgehead atoms. The topological polar surface area (TPSA) is 55.4 Å². The summed E-state index contributed by atoms with van der Waals surface area (Å²) in [6.07, 6.45) is -4.93. The van der Waals surface area contributed by atoms with Gasteiger partial charge in [0.25, 0.3) is 0 Å². The number of hydrogen-bond donors (Lipinski definition) is 1. The predicted octanol–water partition coefficient (Wildman–Crippen LogP) is 3.48. The molecular formula is C14H9F6NO3S. The summed E-state index contributed by atoms with van der Waals surface area (Å²) in [6.45, 7) is -0.688. The maximum atomic E-state index is 13.5. The summed E-state index contributed by atoms with van der Waals surface area (Å²) in [5.41, 5.74) is -0.445. The number of sulfonamides is 1. The van der Waals surface area contributed by atoms with Gasteiger partial charge in [-0.2, -0.15) is 0 Å². The van der Waals surface area contributed by atoms with E-state index in [4.69, 9.17) is 0 Å². The molecule has 0 aliphatic heterocycles. The number of rotatable bonds is 5. The van der Waals surface area contributed by atoms with Gasteiger partial charge in [0.15, 0.2) is 17.5 Å². The Morgan fingerprint density at radius 1 is 0.920 bits per heavy atom. The second-order valence-electron chi connectivity index (χ2n) is 4.68. The van der Waals surface area contributed by atoms with E-state index in [2.05, 4.69) is 4.74 Å². The Hall–Kier alpha value is -2.27. The van der Waals surface area contributed by atoms with E-state index in [1.165, 1.54) is 0 Å². The first-order valence-corrected chi connectivity index (χ1v) is 7.96. The smallest absolute Gasteiger partial charge is 0.406 e. The van der Waals surface area contributed by atoms with Gasteiger partial charge in [0.2, 0.25) is 10.0 Å². The second kappa shape index (κ2) is 6.92. The minimum atomic E-state index is -4.93. The maximum Gasteiger partial charge on any atom is 0.573 e. The van der Waals surface area contributed by atoms with Crippen molar-refractivity contribution in [2.75, 3.05) is 0 Å². The summed E-state index contributed by atoms with van der Waals surface area (Å²) in [7, 11) is -4.23. The van der Waals surface area contributed by atoms with E-state index in [1.807, 2.05) is 4.72 Å². The van der Waals surface area contributed by atoms with Gasteiger partial charge in [-0.1, -0.05) is 6.07 Å². The van der Waals surface area contributed by atoms with Crippen molar-refractivity contribution in [3.63, 3.8) is 0 Å². The third-order valence-electron chi connectivity index (χ3n) is 2.94. The summed E-state index contributed by atoms with van der Waals surface area (Å²) < 4.78 is 105. The summed E-state index contributed by atoms with van der Waals surface area (Å²) in [5, 5.41) is 0. The van der Waals surface area contributed by atoms with Gasteiger partial charge in [0.1, 0.15) is 5.75 Å². The number of benzene rings is 2. The van der Waals surface area contributed by atoms with Crippen LogP contribution in [0.15, 0.2) is 41.3 Å². The Morgan fingerprint density at radius 3 is 2.08 bits per heavy atom. The Morgan fingerprint density at radius 2 is 1.52 bits per heavy atom. The molecule has 0 fully saturated rings. The molecule has 136 valence electrons. The van der Waals surface area contributed by atoms with E-state index in [0.717, 1.165) is 30.3 Å². The minimum Gasteiger partial charge on any atom is -0.406 e. The third-order valence-corrected chi connectivity index (χ3v) is 4.35. The molecule has 0 amide bonds. The fourth-order valence-corrected chi connectivity index (χ4v) is 2.79. The highest BCUT2D eigenvalue weighted by molar-refractivity contribution is 7.89. The lowest BCUT2D eigenvalue weighted by molar-refractivity contribution is -0.274. The van der Waals surface area contributed by atoms with Crippen molar-refractivity contribution < 1.29 is 39.5 Å². The molecule has 0 saturated carbocycles. The van der Waals surface area contributed by atoms with Crippen molar-refractivity contribution in [3.05, 3.63) is 59.4 Å². The van der Waals surface area contributed by atoms with E-state index < -0.39 is 56.6 Å². The quantitative estimate of drug-likeness (QED) is 0.633. The lowest BCUT2D eigenvalue weighted by atomic mass is 10.2. The van der Waals surface area contributed by atoms with Crippen LogP contribution in [0.25, 0.3) is 0 Å². The molecule has 2 aromatic rings. The van der Waals surface area contributed by atoms with E-state index in [0.29, 0.717) is 6.07 Å². The average Bonchev–Trinajstić information content (AvgIpc) is 2.51. The fraction of sp³-hybridized carbons (Fsp3) is 0.143. The number of halogens is 6. The van der Waals surface area contributed by atoms with E-state index in [-0.39, 0.29) is 0 Å².